The Kier molecular flexibility index (Phi) is 3.68. The van der Waals surface area contributed by atoms with Gasteiger partial charge in [0.2, 0.25) is 0 Å². The molecule has 1 N–H and O–H groups in total. The van der Waals surface area contributed by atoms with Gasteiger partial charge < -0.3 is 0 Å². The van der Waals surface area contributed by atoms with E-state index < -0.39 is 0 Å². The Hall–Kier alpha value is -2.79. The van der Waals surface area contributed by atoms with Gasteiger partial charge in [-0.1, -0.05) is 36.2 Å². The molecular formula is C20H16ClN5. The number of hydrogen-bond donors (Lipinski definition) is 1. The molecule has 2 aromatic heterocycles. The summed E-state index contributed by atoms with van der Waals surface area (Å²) >= 11 is 6.15. The summed E-state index contributed by atoms with van der Waals surface area (Å²) in [6.45, 7) is 0. The SMILES string of the molecule is Clc1cccc(-c2ccc3nc(C4CCC4)c(-c4nnn[nH]4)cc3c2)c1. The molecule has 1 aliphatic rings. The van der Waals surface area contributed by atoms with E-state index in [1.165, 1.54) is 19.3 Å². The van der Waals surface area contributed by atoms with Crippen molar-refractivity contribution in [2.24, 2.45) is 0 Å². The molecule has 4 aromatic rings. The summed E-state index contributed by atoms with van der Waals surface area (Å²) in [7, 11) is 0. The van der Waals surface area contributed by atoms with Gasteiger partial charge >= 0.3 is 0 Å². The van der Waals surface area contributed by atoms with Crippen LogP contribution in [0.4, 0.5) is 0 Å². The maximum absolute atomic E-state index is 6.15. The number of nitrogens with zero attached hydrogens (tertiary/aromatic N) is 4. The van der Waals surface area contributed by atoms with Gasteiger partial charge in [-0.25, -0.2) is 5.10 Å². The van der Waals surface area contributed by atoms with Gasteiger partial charge in [0.1, 0.15) is 0 Å². The quantitative estimate of drug-likeness (QED) is 0.557. The number of benzene rings is 2. The van der Waals surface area contributed by atoms with Crippen LogP contribution in [0.15, 0.2) is 48.5 Å². The Labute approximate surface area is 155 Å². The second kappa shape index (κ2) is 6.18. The number of halogens is 1. The van der Waals surface area contributed by atoms with Crippen molar-refractivity contribution in [2.45, 2.75) is 25.2 Å². The monoisotopic (exact) mass is 361 g/mol. The van der Waals surface area contributed by atoms with Crippen LogP contribution in [0, 0.1) is 0 Å². The van der Waals surface area contributed by atoms with Gasteiger partial charge in [-0.05, 0) is 64.7 Å². The van der Waals surface area contributed by atoms with Crippen molar-refractivity contribution in [3.05, 3.63) is 59.2 Å². The molecule has 1 aliphatic carbocycles. The van der Waals surface area contributed by atoms with Crippen LogP contribution in [-0.4, -0.2) is 25.6 Å². The third kappa shape index (κ3) is 2.65. The van der Waals surface area contributed by atoms with Crippen molar-refractivity contribution in [3.8, 4) is 22.5 Å². The van der Waals surface area contributed by atoms with E-state index in [0.29, 0.717) is 11.7 Å². The second-order valence-corrected chi connectivity index (χ2v) is 7.15. The molecule has 1 fully saturated rings. The molecule has 5 rings (SSSR count). The minimum absolute atomic E-state index is 0.493. The van der Waals surface area contributed by atoms with E-state index in [9.17, 15) is 0 Å². The lowest BCUT2D eigenvalue weighted by Gasteiger charge is -2.26. The Balaban J connectivity index is 1.68. The molecule has 0 spiro atoms. The first kappa shape index (κ1) is 15.5. The van der Waals surface area contributed by atoms with Gasteiger partial charge in [-0.2, -0.15) is 0 Å². The van der Waals surface area contributed by atoms with E-state index in [2.05, 4.69) is 51.0 Å². The second-order valence-electron chi connectivity index (χ2n) is 6.72. The molecule has 0 unspecified atom stereocenters. The summed E-state index contributed by atoms with van der Waals surface area (Å²) in [6.07, 6.45) is 3.60. The third-order valence-electron chi connectivity index (χ3n) is 5.09. The predicted molar refractivity (Wildman–Crippen MR) is 102 cm³/mol. The lowest BCUT2D eigenvalue weighted by atomic mass is 9.80. The molecule has 0 aliphatic heterocycles. The Morgan fingerprint density at radius 2 is 1.88 bits per heavy atom. The smallest absolute Gasteiger partial charge is 0.181 e. The number of hydrogen-bond acceptors (Lipinski definition) is 4. The fourth-order valence-electron chi connectivity index (χ4n) is 3.49. The fourth-order valence-corrected chi connectivity index (χ4v) is 3.69. The van der Waals surface area contributed by atoms with Gasteiger partial charge in [0, 0.05) is 21.9 Å². The van der Waals surface area contributed by atoms with Gasteiger partial charge in [0.15, 0.2) is 5.82 Å². The molecule has 26 heavy (non-hydrogen) atoms. The largest absolute Gasteiger partial charge is 0.252 e. The van der Waals surface area contributed by atoms with Crippen molar-refractivity contribution in [2.75, 3.05) is 0 Å². The molecule has 1 saturated carbocycles. The summed E-state index contributed by atoms with van der Waals surface area (Å²) in [6, 6.07) is 16.3. The molecule has 0 amide bonds. The van der Waals surface area contributed by atoms with Crippen LogP contribution in [0.25, 0.3) is 33.4 Å². The number of aromatic nitrogens is 5. The zero-order valence-corrected chi connectivity index (χ0v) is 14.7. The van der Waals surface area contributed by atoms with Crippen molar-refractivity contribution in [1.29, 1.82) is 0 Å². The van der Waals surface area contributed by atoms with Crippen molar-refractivity contribution >= 4 is 22.5 Å². The van der Waals surface area contributed by atoms with Crippen LogP contribution in [0.2, 0.25) is 5.02 Å². The molecule has 2 aromatic carbocycles. The Bertz CT molecular complexity index is 1090. The van der Waals surface area contributed by atoms with Crippen LogP contribution >= 0.6 is 11.6 Å². The standard InChI is InChI=1S/C20H16ClN5/c21-16-6-2-5-13(10-16)14-7-8-18-15(9-14)11-17(20-23-25-26-24-20)19(22-18)12-3-1-4-12/h2,5-12H,1,3-4H2,(H,23,24,25,26). The highest BCUT2D eigenvalue weighted by atomic mass is 35.5. The van der Waals surface area contributed by atoms with E-state index in [0.717, 1.165) is 38.3 Å². The van der Waals surface area contributed by atoms with E-state index in [1.807, 2.05) is 18.2 Å². The summed E-state index contributed by atoms with van der Waals surface area (Å²) in [4.78, 5) is 4.96. The number of H-pyrrole nitrogens is 1. The van der Waals surface area contributed by atoms with Crippen LogP contribution < -0.4 is 0 Å². The number of fused-ring (bicyclic) bond motifs is 1. The first-order chi connectivity index (χ1) is 12.8. The van der Waals surface area contributed by atoms with Gasteiger partial charge in [-0.15, -0.1) is 5.10 Å². The van der Waals surface area contributed by atoms with E-state index in [4.69, 9.17) is 16.6 Å². The summed E-state index contributed by atoms with van der Waals surface area (Å²) in [5.41, 5.74) is 5.28. The minimum atomic E-state index is 0.493. The molecule has 6 heteroatoms. The zero-order valence-electron chi connectivity index (χ0n) is 14.0. The van der Waals surface area contributed by atoms with E-state index in [1.54, 1.807) is 0 Å². The molecule has 0 bridgehead atoms. The highest BCUT2D eigenvalue weighted by Gasteiger charge is 2.26. The molecular weight excluding hydrogens is 346 g/mol. The van der Waals surface area contributed by atoms with Crippen LogP contribution in [0.3, 0.4) is 0 Å². The number of nitrogens with one attached hydrogen (secondary N) is 1. The average molecular weight is 362 g/mol. The van der Waals surface area contributed by atoms with E-state index >= 15 is 0 Å². The van der Waals surface area contributed by atoms with Crippen molar-refractivity contribution < 1.29 is 0 Å². The molecule has 0 radical (unpaired) electrons. The van der Waals surface area contributed by atoms with Crippen LogP contribution in [0.1, 0.15) is 30.9 Å². The van der Waals surface area contributed by atoms with E-state index in [-0.39, 0.29) is 0 Å². The predicted octanol–water partition coefficient (Wildman–Crippen LogP) is 5.00. The topological polar surface area (TPSA) is 67.3 Å². The summed E-state index contributed by atoms with van der Waals surface area (Å²) in [5, 5.41) is 16.3. The number of tetrazole rings is 1. The molecule has 5 nitrogen and oxygen atoms in total. The maximum Gasteiger partial charge on any atom is 0.181 e. The Morgan fingerprint density at radius 3 is 2.62 bits per heavy atom. The van der Waals surface area contributed by atoms with Crippen molar-refractivity contribution in [3.63, 3.8) is 0 Å². The Morgan fingerprint density at radius 1 is 1.00 bits per heavy atom. The highest BCUT2D eigenvalue weighted by Crippen LogP contribution is 2.40. The molecule has 2 heterocycles. The zero-order chi connectivity index (χ0) is 17.5. The average Bonchev–Trinajstić information content (AvgIpc) is 3.14. The summed E-state index contributed by atoms with van der Waals surface area (Å²) < 4.78 is 0. The first-order valence-electron chi connectivity index (χ1n) is 8.73. The number of rotatable bonds is 3. The summed E-state index contributed by atoms with van der Waals surface area (Å²) in [5.74, 6) is 1.17. The minimum Gasteiger partial charge on any atom is -0.252 e. The molecule has 0 saturated heterocycles. The third-order valence-corrected chi connectivity index (χ3v) is 5.33. The van der Waals surface area contributed by atoms with Gasteiger partial charge in [0.05, 0.1) is 11.2 Å². The van der Waals surface area contributed by atoms with Gasteiger partial charge in [0.25, 0.3) is 0 Å². The normalized spacial score (nSPS) is 14.5. The molecule has 128 valence electrons. The first-order valence-corrected chi connectivity index (χ1v) is 9.10. The highest BCUT2D eigenvalue weighted by molar-refractivity contribution is 6.30. The van der Waals surface area contributed by atoms with Crippen LogP contribution in [0.5, 0.6) is 0 Å². The van der Waals surface area contributed by atoms with Crippen molar-refractivity contribution in [1.82, 2.24) is 25.6 Å². The molecule has 0 atom stereocenters. The maximum atomic E-state index is 6.15. The lowest BCUT2D eigenvalue weighted by Crippen LogP contribution is -2.12. The number of pyridine rings is 1. The van der Waals surface area contributed by atoms with Crippen LogP contribution in [-0.2, 0) is 0 Å². The lowest BCUT2D eigenvalue weighted by molar-refractivity contribution is 0.413. The number of aromatic amines is 1. The van der Waals surface area contributed by atoms with Gasteiger partial charge in [-0.3, -0.25) is 4.98 Å². The fraction of sp³-hybridized carbons (Fsp3) is 0.200.